The summed E-state index contributed by atoms with van der Waals surface area (Å²) in [5.41, 5.74) is 3.78. The number of hydrogen-bond donors (Lipinski definition) is 0. The first kappa shape index (κ1) is 19.4. The number of ether oxygens (including phenoxy) is 3. The molecule has 1 fully saturated rings. The molecule has 3 aromatic carbocycles. The maximum absolute atomic E-state index is 12.9. The molecule has 0 radical (unpaired) electrons. The molecule has 1 atom stereocenters. The fraction of sp³-hybridized carbons (Fsp3) is 0.240. The first-order chi connectivity index (χ1) is 14.2. The first-order valence-corrected chi connectivity index (χ1v) is 9.89. The summed E-state index contributed by atoms with van der Waals surface area (Å²) in [6.07, 6.45) is 0. The maximum Gasteiger partial charge on any atom is 0.345 e. The van der Waals surface area contributed by atoms with E-state index in [1.54, 1.807) is 6.92 Å². The SMILES string of the molecule is CCOC(=O)C1(c2ccccc2-c2ccc(-c3ccccc3)cc2)COCCO1. The molecule has 29 heavy (non-hydrogen) atoms. The van der Waals surface area contributed by atoms with Gasteiger partial charge in [0.15, 0.2) is 0 Å². The summed E-state index contributed by atoms with van der Waals surface area (Å²) in [5.74, 6) is -0.409. The number of rotatable bonds is 5. The van der Waals surface area contributed by atoms with E-state index >= 15 is 0 Å². The topological polar surface area (TPSA) is 44.8 Å². The van der Waals surface area contributed by atoms with Crippen molar-refractivity contribution in [1.82, 2.24) is 0 Å². The van der Waals surface area contributed by atoms with Crippen molar-refractivity contribution in [3.05, 3.63) is 84.4 Å². The highest BCUT2D eigenvalue weighted by Crippen LogP contribution is 2.38. The molecule has 0 bridgehead atoms. The summed E-state index contributed by atoms with van der Waals surface area (Å²) in [6.45, 7) is 3.04. The van der Waals surface area contributed by atoms with Crippen LogP contribution in [0.25, 0.3) is 22.3 Å². The van der Waals surface area contributed by atoms with Gasteiger partial charge in [-0.15, -0.1) is 0 Å². The van der Waals surface area contributed by atoms with Crippen molar-refractivity contribution in [2.45, 2.75) is 12.5 Å². The highest BCUT2D eigenvalue weighted by molar-refractivity contribution is 5.86. The molecule has 0 aromatic heterocycles. The number of carbonyl (C=O) groups is 1. The van der Waals surface area contributed by atoms with Crippen LogP contribution in [-0.2, 0) is 24.6 Å². The summed E-state index contributed by atoms with van der Waals surface area (Å²) in [5, 5.41) is 0. The molecule has 0 saturated carbocycles. The molecule has 0 spiro atoms. The zero-order valence-electron chi connectivity index (χ0n) is 16.5. The highest BCUT2D eigenvalue weighted by Gasteiger charge is 2.46. The van der Waals surface area contributed by atoms with E-state index in [1.165, 1.54) is 5.56 Å². The van der Waals surface area contributed by atoms with Crippen molar-refractivity contribution in [3.8, 4) is 22.3 Å². The van der Waals surface area contributed by atoms with Crippen LogP contribution in [0.2, 0.25) is 0 Å². The van der Waals surface area contributed by atoms with Crippen molar-refractivity contribution in [1.29, 1.82) is 0 Å². The van der Waals surface area contributed by atoms with Gasteiger partial charge in [0, 0.05) is 5.56 Å². The molecular formula is C25H24O4. The zero-order valence-corrected chi connectivity index (χ0v) is 16.5. The molecule has 1 unspecified atom stereocenters. The van der Waals surface area contributed by atoms with Crippen LogP contribution in [0.1, 0.15) is 12.5 Å². The molecule has 0 N–H and O–H groups in total. The Labute approximate surface area is 171 Å². The summed E-state index contributed by atoms with van der Waals surface area (Å²) >= 11 is 0. The molecule has 0 amide bonds. The standard InChI is InChI=1S/C25H24O4/c1-2-28-24(26)25(18-27-16-17-29-25)23-11-7-6-10-22(23)21-14-12-20(13-15-21)19-8-4-3-5-9-19/h3-15H,2,16-18H2,1H3. The lowest BCUT2D eigenvalue weighted by Crippen LogP contribution is -2.48. The van der Waals surface area contributed by atoms with E-state index in [1.807, 2.05) is 42.5 Å². The van der Waals surface area contributed by atoms with Gasteiger partial charge in [-0.1, -0.05) is 78.9 Å². The van der Waals surface area contributed by atoms with Crippen molar-refractivity contribution < 1.29 is 19.0 Å². The molecule has 0 aliphatic carbocycles. The van der Waals surface area contributed by atoms with E-state index in [2.05, 4.69) is 36.4 Å². The van der Waals surface area contributed by atoms with Crippen molar-refractivity contribution in [2.24, 2.45) is 0 Å². The molecule has 4 rings (SSSR count). The average Bonchev–Trinajstić information content (AvgIpc) is 2.80. The van der Waals surface area contributed by atoms with Crippen LogP contribution in [0.3, 0.4) is 0 Å². The minimum absolute atomic E-state index is 0.144. The van der Waals surface area contributed by atoms with E-state index in [0.29, 0.717) is 13.2 Å². The molecule has 1 heterocycles. The van der Waals surface area contributed by atoms with Gasteiger partial charge in [0.2, 0.25) is 5.60 Å². The van der Waals surface area contributed by atoms with Crippen LogP contribution in [-0.4, -0.2) is 32.4 Å². The first-order valence-electron chi connectivity index (χ1n) is 9.89. The number of hydrogen-bond acceptors (Lipinski definition) is 4. The lowest BCUT2D eigenvalue weighted by atomic mass is 9.86. The van der Waals surface area contributed by atoms with Gasteiger partial charge >= 0.3 is 5.97 Å². The third kappa shape index (κ3) is 3.82. The quantitative estimate of drug-likeness (QED) is 0.588. The largest absolute Gasteiger partial charge is 0.464 e. The molecule has 4 nitrogen and oxygen atoms in total. The van der Waals surface area contributed by atoms with Crippen LogP contribution in [0.15, 0.2) is 78.9 Å². The third-order valence-electron chi connectivity index (χ3n) is 5.15. The zero-order chi connectivity index (χ0) is 20.1. The number of carbonyl (C=O) groups excluding carboxylic acids is 1. The predicted molar refractivity (Wildman–Crippen MR) is 112 cm³/mol. The van der Waals surface area contributed by atoms with E-state index in [-0.39, 0.29) is 13.2 Å². The lowest BCUT2D eigenvalue weighted by molar-refractivity contribution is -0.202. The summed E-state index contributed by atoms with van der Waals surface area (Å²) in [6, 6.07) is 26.4. The van der Waals surface area contributed by atoms with Crippen molar-refractivity contribution >= 4 is 5.97 Å². The van der Waals surface area contributed by atoms with Gasteiger partial charge < -0.3 is 14.2 Å². The minimum Gasteiger partial charge on any atom is -0.464 e. The van der Waals surface area contributed by atoms with Gasteiger partial charge in [-0.2, -0.15) is 0 Å². The van der Waals surface area contributed by atoms with Crippen LogP contribution in [0.4, 0.5) is 0 Å². The molecule has 1 aliphatic rings. The predicted octanol–water partition coefficient (Wildman–Crippen LogP) is 4.83. The summed E-state index contributed by atoms with van der Waals surface area (Å²) in [7, 11) is 0. The van der Waals surface area contributed by atoms with Gasteiger partial charge in [0.1, 0.15) is 0 Å². The van der Waals surface area contributed by atoms with Crippen molar-refractivity contribution in [2.75, 3.05) is 26.4 Å². The Morgan fingerprint density at radius 1 is 0.862 bits per heavy atom. The normalized spacial score (nSPS) is 18.9. The number of benzene rings is 3. The monoisotopic (exact) mass is 388 g/mol. The molecule has 1 aliphatic heterocycles. The van der Waals surface area contributed by atoms with Crippen LogP contribution >= 0.6 is 0 Å². The lowest BCUT2D eigenvalue weighted by Gasteiger charge is -2.36. The van der Waals surface area contributed by atoms with Gasteiger partial charge in [0.05, 0.1) is 26.4 Å². The third-order valence-corrected chi connectivity index (χ3v) is 5.15. The maximum atomic E-state index is 12.9. The molecular weight excluding hydrogens is 364 g/mol. The van der Waals surface area contributed by atoms with Gasteiger partial charge in [-0.25, -0.2) is 4.79 Å². The van der Waals surface area contributed by atoms with Crippen LogP contribution < -0.4 is 0 Å². The second-order valence-corrected chi connectivity index (χ2v) is 6.94. The van der Waals surface area contributed by atoms with E-state index < -0.39 is 11.6 Å². The molecule has 148 valence electrons. The van der Waals surface area contributed by atoms with E-state index in [9.17, 15) is 4.79 Å². The Balaban J connectivity index is 1.75. The summed E-state index contributed by atoms with van der Waals surface area (Å²) in [4.78, 5) is 12.9. The summed E-state index contributed by atoms with van der Waals surface area (Å²) < 4.78 is 17.0. The molecule has 1 saturated heterocycles. The van der Waals surface area contributed by atoms with Gasteiger partial charge in [-0.05, 0) is 29.2 Å². The fourth-order valence-corrected chi connectivity index (χ4v) is 3.72. The van der Waals surface area contributed by atoms with Gasteiger partial charge in [-0.3, -0.25) is 0 Å². The van der Waals surface area contributed by atoms with Crippen molar-refractivity contribution in [3.63, 3.8) is 0 Å². The highest BCUT2D eigenvalue weighted by atomic mass is 16.6. The average molecular weight is 388 g/mol. The smallest absolute Gasteiger partial charge is 0.345 e. The van der Waals surface area contributed by atoms with Crippen LogP contribution in [0, 0.1) is 0 Å². The Morgan fingerprint density at radius 3 is 2.21 bits per heavy atom. The second kappa shape index (κ2) is 8.60. The molecule has 3 aromatic rings. The Hall–Kier alpha value is -2.95. The molecule has 4 heteroatoms. The van der Waals surface area contributed by atoms with E-state index in [4.69, 9.17) is 14.2 Å². The Morgan fingerprint density at radius 2 is 1.52 bits per heavy atom. The van der Waals surface area contributed by atoms with Gasteiger partial charge in [0.25, 0.3) is 0 Å². The Bertz CT molecular complexity index is 958. The van der Waals surface area contributed by atoms with E-state index in [0.717, 1.165) is 22.3 Å². The number of esters is 1. The Kier molecular flexibility index (Phi) is 5.74. The fourth-order valence-electron chi connectivity index (χ4n) is 3.72. The minimum atomic E-state index is -1.25. The second-order valence-electron chi connectivity index (χ2n) is 6.94. The van der Waals surface area contributed by atoms with Crippen LogP contribution in [0.5, 0.6) is 0 Å².